The molecule has 2 N–H and O–H groups in total. The van der Waals surface area contributed by atoms with E-state index in [9.17, 15) is 4.79 Å². The molecule has 0 bridgehead atoms. The Labute approximate surface area is 80.6 Å². The third kappa shape index (κ3) is 5.64. The molecule has 3 nitrogen and oxygen atoms in total. The van der Waals surface area contributed by atoms with Crippen molar-refractivity contribution in [2.75, 3.05) is 7.11 Å². The Hall–Kier alpha value is -0.570. The number of rotatable bonds is 5. The summed E-state index contributed by atoms with van der Waals surface area (Å²) in [4.78, 5) is 11.0. The summed E-state index contributed by atoms with van der Waals surface area (Å²) in [5.74, 6) is 0.649. The van der Waals surface area contributed by atoms with Crippen LogP contribution in [-0.4, -0.2) is 19.1 Å². The molecule has 2 atom stereocenters. The molecule has 0 radical (unpaired) electrons. The molecule has 0 saturated heterocycles. The highest BCUT2D eigenvalue weighted by atomic mass is 16.5. The normalized spacial score (nSPS) is 15.5. The monoisotopic (exact) mass is 187 g/mol. The number of carbonyl (C=O) groups excluding carboxylic acids is 1. The highest BCUT2D eigenvalue weighted by Crippen LogP contribution is 2.18. The Morgan fingerprint density at radius 1 is 1.38 bits per heavy atom. The molecule has 0 aliphatic rings. The van der Waals surface area contributed by atoms with Crippen LogP contribution < -0.4 is 5.73 Å². The van der Waals surface area contributed by atoms with Gasteiger partial charge in [0.25, 0.3) is 0 Å². The average molecular weight is 187 g/mol. The number of hydrogen-bond donors (Lipinski definition) is 1. The van der Waals surface area contributed by atoms with Gasteiger partial charge in [-0.15, -0.1) is 0 Å². The Bertz CT molecular complexity index is 155. The molecule has 0 amide bonds. The van der Waals surface area contributed by atoms with E-state index in [0.717, 1.165) is 6.42 Å². The van der Waals surface area contributed by atoms with Crippen LogP contribution >= 0.6 is 0 Å². The summed E-state index contributed by atoms with van der Waals surface area (Å²) in [6, 6.07) is 0.0569. The predicted octanol–water partition coefficient (Wildman–Crippen LogP) is 1.56. The molecule has 0 aliphatic heterocycles. The number of ether oxygens (including phenoxy) is 1. The maximum absolute atomic E-state index is 11.0. The predicted molar refractivity (Wildman–Crippen MR) is 53.2 cm³/mol. The van der Waals surface area contributed by atoms with Gasteiger partial charge in [0.05, 0.1) is 7.11 Å². The molecule has 78 valence electrons. The van der Waals surface area contributed by atoms with Crippen molar-refractivity contribution in [3.8, 4) is 0 Å². The topological polar surface area (TPSA) is 52.3 Å². The van der Waals surface area contributed by atoms with Gasteiger partial charge < -0.3 is 10.5 Å². The zero-order valence-corrected chi connectivity index (χ0v) is 9.04. The standard InChI is InChI=1S/C10H21NO2/c1-7(2)5-9(8(3)11)6-10(12)13-4/h7-9H,5-6,11H2,1-4H3. The number of methoxy groups -OCH3 is 1. The van der Waals surface area contributed by atoms with E-state index >= 15 is 0 Å². The molecule has 0 spiro atoms. The minimum absolute atomic E-state index is 0.0569. The lowest BCUT2D eigenvalue weighted by Crippen LogP contribution is -2.30. The van der Waals surface area contributed by atoms with Crippen molar-refractivity contribution in [3.05, 3.63) is 0 Å². The smallest absolute Gasteiger partial charge is 0.305 e. The zero-order chi connectivity index (χ0) is 10.4. The molecule has 0 aromatic heterocycles. The van der Waals surface area contributed by atoms with Gasteiger partial charge in [0.15, 0.2) is 0 Å². The second kappa shape index (κ2) is 5.97. The lowest BCUT2D eigenvalue weighted by Gasteiger charge is -2.21. The van der Waals surface area contributed by atoms with Crippen molar-refractivity contribution < 1.29 is 9.53 Å². The van der Waals surface area contributed by atoms with Crippen LogP contribution in [0.3, 0.4) is 0 Å². The van der Waals surface area contributed by atoms with Crippen molar-refractivity contribution in [1.82, 2.24) is 0 Å². The van der Waals surface area contributed by atoms with Gasteiger partial charge in [-0.2, -0.15) is 0 Å². The van der Waals surface area contributed by atoms with Crippen molar-refractivity contribution in [3.63, 3.8) is 0 Å². The second-order valence-electron chi connectivity index (χ2n) is 4.03. The maximum Gasteiger partial charge on any atom is 0.305 e. The number of carbonyl (C=O) groups is 1. The molecule has 2 unspecified atom stereocenters. The fraction of sp³-hybridized carbons (Fsp3) is 0.900. The van der Waals surface area contributed by atoms with Crippen molar-refractivity contribution in [1.29, 1.82) is 0 Å². The van der Waals surface area contributed by atoms with Gasteiger partial charge in [-0.1, -0.05) is 13.8 Å². The third-order valence-electron chi connectivity index (χ3n) is 2.17. The van der Waals surface area contributed by atoms with E-state index in [0.29, 0.717) is 12.3 Å². The highest BCUT2D eigenvalue weighted by Gasteiger charge is 2.19. The first-order valence-corrected chi connectivity index (χ1v) is 4.79. The van der Waals surface area contributed by atoms with E-state index < -0.39 is 0 Å². The molecule has 13 heavy (non-hydrogen) atoms. The molecule has 0 saturated carbocycles. The third-order valence-corrected chi connectivity index (χ3v) is 2.17. The van der Waals surface area contributed by atoms with Crippen molar-refractivity contribution in [2.45, 2.75) is 39.7 Å². The molecule has 0 aromatic rings. The summed E-state index contributed by atoms with van der Waals surface area (Å²) in [5, 5.41) is 0. The summed E-state index contributed by atoms with van der Waals surface area (Å²) < 4.78 is 4.62. The first-order valence-electron chi connectivity index (χ1n) is 4.79. The van der Waals surface area contributed by atoms with E-state index in [2.05, 4.69) is 18.6 Å². The lowest BCUT2D eigenvalue weighted by molar-refractivity contribution is -0.142. The van der Waals surface area contributed by atoms with Gasteiger partial charge >= 0.3 is 5.97 Å². The van der Waals surface area contributed by atoms with Crippen LogP contribution in [0.15, 0.2) is 0 Å². The number of nitrogens with two attached hydrogens (primary N) is 1. The SMILES string of the molecule is COC(=O)CC(CC(C)C)C(C)N. The minimum Gasteiger partial charge on any atom is -0.469 e. The van der Waals surface area contributed by atoms with Crippen LogP contribution in [0.25, 0.3) is 0 Å². The van der Waals surface area contributed by atoms with E-state index in [4.69, 9.17) is 5.73 Å². The molecule has 3 heteroatoms. The van der Waals surface area contributed by atoms with Crippen LogP contribution in [0.1, 0.15) is 33.6 Å². The Morgan fingerprint density at radius 3 is 2.23 bits per heavy atom. The van der Waals surface area contributed by atoms with Gasteiger partial charge in [-0.25, -0.2) is 0 Å². The molecule has 0 aliphatic carbocycles. The molecule has 0 heterocycles. The average Bonchev–Trinajstić information content (AvgIpc) is 2.02. The van der Waals surface area contributed by atoms with Crippen molar-refractivity contribution >= 4 is 5.97 Å². The van der Waals surface area contributed by atoms with Crippen LogP contribution in [0, 0.1) is 11.8 Å². The second-order valence-corrected chi connectivity index (χ2v) is 4.03. The fourth-order valence-corrected chi connectivity index (χ4v) is 1.39. The Balaban J connectivity index is 4.02. The minimum atomic E-state index is -0.164. The van der Waals surface area contributed by atoms with Crippen molar-refractivity contribution in [2.24, 2.45) is 17.6 Å². The lowest BCUT2D eigenvalue weighted by atomic mass is 9.89. The maximum atomic E-state index is 11.0. The summed E-state index contributed by atoms with van der Waals surface area (Å²) in [6.07, 6.45) is 1.42. The van der Waals surface area contributed by atoms with Crippen LogP contribution in [0.5, 0.6) is 0 Å². The van der Waals surface area contributed by atoms with Crippen LogP contribution in [0.2, 0.25) is 0 Å². The highest BCUT2D eigenvalue weighted by molar-refractivity contribution is 5.69. The fourth-order valence-electron chi connectivity index (χ4n) is 1.39. The molecular weight excluding hydrogens is 166 g/mol. The Kier molecular flexibility index (Phi) is 5.71. The molecule has 0 aromatic carbocycles. The van der Waals surface area contributed by atoms with Gasteiger partial charge in [-0.05, 0) is 25.2 Å². The van der Waals surface area contributed by atoms with E-state index in [1.54, 1.807) is 0 Å². The van der Waals surface area contributed by atoms with Gasteiger partial charge in [-0.3, -0.25) is 4.79 Å². The molecule has 0 rings (SSSR count). The summed E-state index contributed by atoms with van der Waals surface area (Å²) in [7, 11) is 1.41. The van der Waals surface area contributed by atoms with E-state index in [1.165, 1.54) is 7.11 Å². The first-order chi connectivity index (χ1) is 5.97. The van der Waals surface area contributed by atoms with E-state index in [-0.39, 0.29) is 17.9 Å². The number of hydrogen-bond acceptors (Lipinski definition) is 3. The van der Waals surface area contributed by atoms with E-state index in [1.807, 2.05) is 6.92 Å². The molecule has 0 fully saturated rings. The largest absolute Gasteiger partial charge is 0.469 e. The Morgan fingerprint density at radius 2 is 1.92 bits per heavy atom. The van der Waals surface area contributed by atoms with Gasteiger partial charge in [0.1, 0.15) is 0 Å². The summed E-state index contributed by atoms with van der Waals surface area (Å²) in [5.41, 5.74) is 5.78. The molecular formula is C10H21NO2. The summed E-state index contributed by atoms with van der Waals surface area (Å²) in [6.45, 7) is 6.20. The number of esters is 1. The quantitative estimate of drug-likeness (QED) is 0.664. The summed E-state index contributed by atoms with van der Waals surface area (Å²) >= 11 is 0. The van der Waals surface area contributed by atoms with Crippen LogP contribution in [0.4, 0.5) is 0 Å². The first kappa shape index (κ1) is 12.4. The zero-order valence-electron chi connectivity index (χ0n) is 9.04. The van der Waals surface area contributed by atoms with Gasteiger partial charge in [0.2, 0.25) is 0 Å². The van der Waals surface area contributed by atoms with Gasteiger partial charge in [0, 0.05) is 12.5 Å². The van der Waals surface area contributed by atoms with Crippen LogP contribution in [-0.2, 0) is 9.53 Å².